The molecule has 1 saturated carbocycles. The molecule has 3 aliphatic rings. The maximum Gasteiger partial charge on any atom is 0.257 e. The van der Waals surface area contributed by atoms with Crippen molar-refractivity contribution in [1.29, 1.82) is 0 Å². The Labute approximate surface area is 148 Å². The number of nitrogens with zero attached hydrogens (tertiary/aromatic N) is 1. The van der Waals surface area contributed by atoms with E-state index in [0.29, 0.717) is 5.92 Å². The summed E-state index contributed by atoms with van der Waals surface area (Å²) in [5, 5.41) is 0. The molecule has 1 saturated heterocycles. The van der Waals surface area contributed by atoms with E-state index < -0.39 is 5.72 Å². The third kappa shape index (κ3) is 1.99. The van der Waals surface area contributed by atoms with Crippen molar-refractivity contribution in [2.24, 2.45) is 5.92 Å². The molecule has 3 atom stereocenters. The van der Waals surface area contributed by atoms with Gasteiger partial charge in [-0.1, -0.05) is 60.9 Å². The van der Waals surface area contributed by atoms with Crippen molar-refractivity contribution < 1.29 is 9.53 Å². The number of aryl methyl sites for hydroxylation is 1. The van der Waals surface area contributed by atoms with E-state index in [1.54, 1.807) is 0 Å². The average Bonchev–Trinajstić information content (AvgIpc) is 2.93. The predicted octanol–water partition coefficient (Wildman–Crippen LogP) is 4.24. The second kappa shape index (κ2) is 5.43. The molecule has 2 heterocycles. The lowest BCUT2D eigenvalue weighted by atomic mass is 9.80. The molecule has 0 unspecified atom stereocenters. The summed E-state index contributed by atoms with van der Waals surface area (Å²) in [6, 6.07) is 16.8. The first-order valence-electron chi connectivity index (χ1n) is 9.36. The fourth-order valence-corrected chi connectivity index (χ4v) is 5.01. The summed E-state index contributed by atoms with van der Waals surface area (Å²) in [7, 11) is 0. The van der Waals surface area contributed by atoms with Gasteiger partial charge in [-0.3, -0.25) is 9.69 Å². The minimum absolute atomic E-state index is 0.132. The predicted molar refractivity (Wildman–Crippen MR) is 96.3 cm³/mol. The average molecular weight is 333 g/mol. The summed E-state index contributed by atoms with van der Waals surface area (Å²) in [6.07, 6.45) is 4.69. The lowest BCUT2D eigenvalue weighted by Crippen LogP contribution is -2.60. The van der Waals surface area contributed by atoms with E-state index in [4.69, 9.17) is 4.74 Å². The van der Waals surface area contributed by atoms with E-state index in [-0.39, 0.29) is 11.9 Å². The monoisotopic (exact) mass is 333 g/mol. The SMILES string of the molecule is Cc1ccc([C@@]23OC[C@@H]4CCCC[C@@H]4N2C(=O)c2ccccc23)cc1. The Bertz CT molecular complexity index is 828. The number of fused-ring (bicyclic) bond motifs is 5. The summed E-state index contributed by atoms with van der Waals surface area (Å²) in [5.41, 5.74) is 3.35. The summed E-state index contributed by atoms with van der Waals surface area (Å²) in [5.74, 6) is 0.596. The minimum Gasteiger partial charge on any atom is -0.347 e. The molecule has 1 amide bonds. The van der Waals surface area contributed by atoms with Crippen molar-refractivity contribution in [3.8, 4) is 0 Å². The maximum atomic E-state index is 13.4. The van der Waals surface area contributed by atoms with Gasteiger partial charge in [-0.2, -0.15) is 0 Å². The van der Waals surface area contributed by atoms with Crippen LogP contribution < -0.4 is 0 Å². The van der Waals surface area contributed by atoms with Gasteiger partial charge in [0.05, 0.1) is 6.61 Å². The van der Waals surface area contributed by atoms with Crippen molar-refractivity contribution >= 4 is 5.91 Å². The molecular weight excluding hydrogens is 310 g/mol. The zero-order chi connectivity index (χ0) is 17.0. The molecule has 5 rings (SSSR count). The van der Waals surface area contributed by atoms with Crippen LogP contribution in [0.1, 0.15) is 52.7 Å². The van der Waals surface area contributed by atoms with Gasteiger partial charge in [0.15, 0.2) is 5.72 Å². The summed E-state index contributed by atoms with van der Waals surface area (Å²) < 4.78 is 6.59. The molecule has 0 spiro atoms. The number of amides is 1. The van der Waals surface area contributed by atoms with Crippen LogP contribution in [0, 0.1) is 12.8 Å². The Balaban J connectivity index is 1.74. The Morgan fingerprint density at radius 3 is 2.64 bits per heavy atom. The Morgan fingerprint density at radius 2 is 1.80 bits per heavy atom. The van der Waals surface area contributed by atoms with Gasteiger partial charge in [-0.25, -0.2) is 0 Å². The van der Waals surface area contributed by atoms with Gasteiger partial charge in [-0.05, 0) is 25.8 Å². The number of benzene rings is 2. The van der Waals surface area contributed by atoms with Gasteiger partial charge in [0.2, 0.25) is 0 Å². The summed E-state index contributed by atoms with van der Waals surface area (Å²) >= 11 is 0. The molecule has 1 aliphatic carbocycles. The number of hydrogen-bond acceptors (Lipinski definition) is 2. The lowest BCUT2D eigenvalue weighted by Gasteiger charge is -2.52. The van der Waals surface area contributed by atoms with Crippen LogP contribution in [-0.2, 0) is 10.5 Å². The fraction of sp³-hybridized carbons (Fsp3) is 0.409. The van der Waals surface area contributed by atoms with E-state index >= 15 is 0 Å². The van der Waals surface area contributed by atoms with E-state index in [2.05, 4.69) is 42.2 Å². The van der Waals surface area contributed by atoms with Crippen LogP contribution in [0.3, 0.4) is 0 Å². The number of carbonyl (C=O) groups is 1. The van der Waals surface area contributed by atoms with Crippen LogP contribution in [0.25, 0.3) is 0 Å². The highest BCUT2D eigenvalue weighted by molar-refractivity contribution is 6.00. The molecule has 0 radical (unpaired) electrons. The van der Waals surface area contributed by atoms with Gasteiger partial charge >= 0.3 is 0 Å². The van der Waals surface area contributed by atoms with Crippen LogP contribution in [0.5, 0.6) is 0 Å². The van der Waals surface area contributed by atoms with Gasteiger partial charge in [-0.15, -0.1) is 0 Å². The molecular formula is C22H23NO2. The van der Waals surface area contributed by atoms with Gasteiger partial charge in [0, 0.05) is 28.7 Å². The molecule has 3 nitrogen and oxygen atoms in total. The van der Waals surface area contributed by atoms with Crippen LogP contribution >= 0.6 is 0 Å². The first kappa shape index (κ1) is 15.2. The van der Waals surface area contributed by atoms with Crippen molar-refractivity contribution in [2.75, 3.05) is 6.61 Å². The van der Waals surface area contributed by atoms with Gasteiger partial charge in [0.1, 0.15) is 0 Å². The number of rotatable bonds is 1. The highest BCUT2D eigenvalue weighted by Crippen LogP contribution is 2.52. The number of ether oxygens (including phenoxy) is 1. The zero-order valence-electron chi connectivity index (χ0n) is 14.6. The van der Waals surface area contributed by atoms with Gasteiger partial charge < -0.3 is 4.74 Å². The van der Waals surface area contributed by atoms with E-state index in [1.165, 1.54) is 18.4 Å². The first-order valence-corrected chi connectivity index (χ1v) is 9.36. The lowest BCUT2D eigenvalue weighted by molar-refractivity contribution is -0.189. The zero-order valence-corrected chi connectivity index (χ0v) is 14.6. The third-order valence-corrected chi connectivity index (χ3v) is 6.23. The highest BCUT2D eigenvalue weighted by Gasteiger charge is 2.58. The largest absolute Gasteiger partial charge is 0.347 e. The molecule has 0 N–H and O–H groups in total. The maximum absolute atomic E-state index is 13.4. The normalized spacial score (nSPS) is 30.6. The Hall–Kier alpha value is -2.13. The first-order chi connectivity index (χ1) is 12.2. The number of hydrogen-bond donors (Lipinski definition) is 0. The Kier molecular flexibility index (Phi) is 3.29. The topological polar surface area (TPSA) is 29.5 Å². The second-order valence-electron chi connectivity index (χ2n) is 7.65. The molecule has 25 heavy (non-hydrogen) atoms. The van der Waals surface area contributed by atoms with Crippen molar-refractivity contribution in [3.63, 3.8) is 0 Å². The Morgan fingerprint density at radius 1 is 1.04 bits per heavy atom. The van der Waals surface area contributed by atoms with Crippen molar-refractivity contribution in [1.82, 2.24) is 4.90 Å². The molecule has 2 aromatic carbocycles. The minimum atomic E-state index is -0.750. The molecule has 128 valence electrons. The van der Waals surface area contributed by atoms with Crippen LogP contribution in [-0.4, -0.2) is 23.5 Å². The summed E-state index contributed by atoms with van der Waals surface area (Å²) in [6.45, 7) is 2.82. The van der Waals surface area contributed by atoms with E-state index in [9.17, 15) is 4.79 Å². The molecule has 2 aliphatic heterocycles. The van der Waals surface area contributed by atoms with Gasteiger partial charge in [0.25, 0.3) is 5.91 Å². The highest BCUT2D eigenvalue weighted by atomic mass is 16.5. The van der Waals surface area contributed by atoms with E-state index in [1.807, 2.05) is 18.2 Å². The summed E-state index contributed by atoms with van der Waals surface area (Å²) in [4.78, 5) is 15.5. The standard InChI is InChI=1S/C22H23NO2/c1-15-10-12-17(13-11-15)22-19-8-4-3-7-18(19)21(24)23(22)20-9-5-2-6-16(20)14-25-22/h3-4,7-8,10-13,16,20H,2,5-6,9,14H2,1H3/t16-,20-,22-/m0/s1. The molecule has 0 bridgehead atoms. The van der Waals surface area contributed by atoms with Crippen molar-refractivity contribution in [3.05, 3.63) is 70.8 Å². The second-order valence-corrected chi connectivity index (χ2v) is 7.65. The molecule has 3 heteroatoms. The van der Waals surface area contributed by atoms with Crippen LogP contribution in [0.4, 0.5) is 0 Å². The quantitative estimate of drug-likeness (QED) is 0.781. The smallest absolute Gasteiger partial charge is 0.257 e. The molecule has 0 aromatic heterocycles. The van der Waals surface area contributed by atoms with E-state index in [0.717, 1.165) is 36.1 Å². The third-order valence-electron chi connectivity index (χ3n) is 6.23. The number of carbonyl (C=O) groups excluding carboxylic acids is 1. The van der Waals surface area contributed by atoms with Crippen LogP contribution in [0.2, 0.25) is 0 Å². The molecule has 2 aromatic rings. The van der Waals surface area contributed by atoms with Crippen LogP contribution in [0.15, 0.2) is 48.5 Å². The molecule has 2 fully saturated rings. The fourth-order valence-electron chi connectivity index (χ4n) is 5.01. The van der Waals surface area contributed by atoms with Crippen molar-refractivity contribution in [2.45, 2.75) is 44.4 Å².